The number of oxazole rings is 1. The molecule has 0 saturated carbocycles. The largest absolute Gasteiger partial charge is 0.444 e. The van der Waals surface area contributed by atoms with Gasteiger partial charge in [-0.15, -0.1) is 0 Å². The Morgan fingerprint density at radius 1 is 1.17 bits per heavy atom. The van der Waals surface area contributed by atoms with E-state index in [1.54, 1.807) is 6.26 Å². The van der Waals surface area contributed by atoms with E-state index in [2.05, 4.69) is 24.0 Å². The van der Waals surface area contributed by atoms with Crippen LogP contribution in [0, 0.1) is 6.92 Å². The number of aliphatic hydroxyl groups is 1. The van der Waals surface area contributed by atoms with E-state index in [4.69, 9.17) is 14.3 Å². The maximum absolute atomic E-state index is 9.12. The summed E-state index contributed by atoms with van der Waals surface area (Å²) < 4.78 is 11.2. The van der Waals surface area contributed by atoms with Crippen LogP contribution in [0.5, 0.6) is 0 Å². The zero-order valence-corrected chi connectivity index (χ0v) is 15.0. The molecule has 1 heterocycles. The number of nitrogens with zero attached hydrogens (tertiary/aromatic N) is 1. The molecular weight excluding hydrogens is 302 g/mol. The molecule has 4 heteroatoms. The number of aromatic nitrogens is 1. The van der Waals surface area contributed by atoms with Gasteiger partial charge < -0.3 is 14.3 Å². The van der Waals surface area contributed by atoms with Gasteiger partial charge in [-0.05, 0) is 52.2 Å². The molecule has 0 aliphatic rings. The van der Waals surface area contributed by atoms with Crippen LogP contribution in [-0.2, 0) is 11.2 Å². The molecule has 0 atom stereocenters. The van der Waals surface area contributed by atoms with E-state index in [-0.39, 0.29) is 6.61 Å². The zero-order chi connectivity index (χ0) is 17.4. The summed E-state index contributed by atoms with van der Waals surface area (Å²) in [7, 11) is 0. The highest BCUT2D eigenvalue weighted by Gasteiger charge is 2.15. The Labute approximate surface area is 144 Å². The average Bonchev–Trinajstić information content (AvgIpc) is 3.03. The Morgan fingerprint density at radius 3 is 2.71 bits per heavy atom. The first-order chi connectivity index (χ1) is 11.5. The lowest BCUT2D eigenvalue weighted by molar-refractivity contribution is -0.0546. The first-order valence-electron chi connectivity index (χ1n) is 8.76. The van der Waals surface area contributed by atoms with Crippen molar-refractivity contribution in [2.75, 3.05) is 13.2 Å². The molecule has 2 aromatic rings. The fourth-order valence-corrected chi connectivity index (χ4v) is 2.49. The highest BCUT2D eigenvalue weighted by Crippen LogP contribution is 2.20. The molecule has 1 aromatic carbocycles. The molecule has 0 saturated heterocycles. The minimum atomic E-state index is -0.424. The topological polar surface area (TPSA) is 55.5 Å². The Bertz CT molecular complexity index is 619. The van der Waals surface area contributed by atoms with Gasteiger partial charge in [0, 0.05) is 12.2 Å². The predicted octanol–water partition coefficient (Wildman–Crippen LogP) is 4.54. The van der Waals surface area contributed by atoms with Crippen LogP contribution in [0.3, 0.4) is 0 Å². The molecule has 0 spiro atoms. The number of hydrogen-bond donors (Lipinski definition) is 1. The first-order valence-corrected chi connectivity index (χ1v) is 8.76. The third-order valence-corrected chi connectivity index (χ3v) is 4.02. The van der Waals surface area contributed by atoms with E-state index in [1.165, 1.54) is 5.56 Å². The third kappa shape index (κ3) is 6.10. The number of aliphatic hydroxyl groups excluding tert-OH is 1. The molecular formula is C20H29NO3. The second kappa shape index (κ2) is 9.00. The van der Waals surface area contributed by atoms with E-state index in [0.717, 1.165) is 43.4 Å². The molecule has 0 unspecified atom stereocenters. The Hall–Kier alpha value is -1.65. The normalized spacial score (nSPS) is 11.8. The molecule has 1 aromatic heterocycles. The van der Waals surface area contributed by atoms with Crippen LogP contribution in [0.15, 0.2) is 34.9 Å². The van der Waals surface area contributed by atoms with Gasteiger partial charge >= 0.3 is 0 Å². The lowest BCUT2D eigenvalue weighted by Crippen LogP contribution is -2.29. The molecule has 0 aliphatic carbocycles. The van der Waals surface area contributed by atoms with Gasteiger partial charge in [0.15, 0.2) is 0 Å². The standard InChI is InChI=1S/C20H29NO3/c1-16-9-8-10-17(13-16)19-21-18(14-23-19)11-6-4-5-7-12-24-20(2,3)15-22/h8-10,13-14,22H,4-7,11-12,15H2,1-3H3. The highest BCUT2D eigenvalue weighted by molar-refractivity contribution is 5.54. The molecule has 132 valence electrons. The molecule has 0 bridgehead atoms. The molecule has 0 radical (unpaired) electrons. The van der Waals surface area contributed by atoms with Crippen LogP contribution in [0.4, 0.5) is 0 Å². The highest BCUT2D eigenvalue weighted by atomic mass is 16.5. The summed E-state index contributed by atoms with van der Waals surface area (Å²) in [6.07, 6.45) is 7.11. The lowest BCUT2D eigenvalue weighted by Gasteiger charge is -2.22. The number of rotatable bonds is 10. The Morgan fingerprint density at radius 2 is 1.96 bits per heavy atom. The van der Waals surface area contributed by atoms with Gasteiger partial charge in [-0.3, -0.25) is 0 Å². The van der Waals surface area contributed by atoms with E-state index < -0.39 is 5.60 Å². The summed E-state index contributed by atoms with van der Waals surface area (Å²) in [5.74, 6) is 0.702. The number of hydrogen-bond acceptors (Lipinski definition) is 4. The van der Waals surface area contributed by atoms with Crippen molar-refractivity contribution >= 4 is 0 Å². The van der Waals surface area contributed by atoms with E-state index in [9.17, 15) is 0 Å². The Balaban J connectivity index is 1.65. The maximum atomic E-state index is 9.12. The van der Waals surface area contributed by atoms with Crippen molar-refractivity contribution in [1.29, 1.82) is 0 Å². The van der Waals surface area contributed by atoms with Gasteiger partial charge in [-0.25, -0.2) is 4.98 Å². The first kappa shape index (κ1) is 18.7. The van der Waals surface area contributed by atoms with Crippen molar-refractivity contribution < 1.29 is 14.3 Å². The average molecular weight is 331 g/mol. The van der Waals surface area contributed by atoms with Crippen LogP contribution in [-0.4, -0.2) is 28.9 Å². The monoisotopic (exact) mass is 331 g/mol. The Kier molecular flexibility index (Phi) is 7.00. The van der Waals surface area contributed by atoms with Crippen LogP contribution in [0.2, 0.25) is 0 Å². The van der Waals surface area contributed by atoms with Crippen LogP contribution in [0.25, 0.3) is 11.5 Å². The second-order valence-corrected chi connectivity index (χ2v) is 6.94. The van der Waals surface area contributed by atoms with Gasteiger partial charge in [0.05, 0.1) is 17.9 Å². The van der Waals surface area contributed by atoms with Crippen LogP contribution < -0.4 is 0 Å². The number of unbranched alkanes of at least 4 members (excludes halogenated alkanes) is 3. The van der Waals surface area contributed by atoms with Crippen LogP contribution >= 0.6 is 0 Å². The quantitative estimate of drug-likeness (QED) is 0.649. The van der Waals surface area contributed by atoms with Gasteiger partial charge in [-0.2, -0.15) is 0 Å². The molecule has 0 fully saturated rings. The second-order valence-electron chi connectivity index (χ2n) is 6.94. The van der Waals surface area contributed by atoms with E-state index in [1.807, 2.05) is 26.0 Å². The van der Waals surface area contributed by atoms with Crippen LogP contribution in [0.1, 0.15) is 50.8 Å². The minimum absolute atomic E-state index is 0.0580. The van der Waals surface area contributed by atoms with Crippen molar-refractivity contribution in [2.24, 2.45) is 0 Å². The maximum Gasteiger partial charge on any atom is 0.226 e. The summed E-state index contributed by atoms with van der Waals surface area (Å²) in [6, 6.07) is 8.20. The van der Waals surface area contributed by atoms with Gasteiger partial charge in [0.25, 0.3) is 0 Å². The molecule has 0 amide bonds. The van der Waals surface area contributed by atoms with Crippen molar-refractivity contribution in [3.8, 4) is 11.5 Å². The SMILES string of the molecule is Cc1cccc(-c2nc(CCCCCCOC(C)(C)CO)co2)c1. The van der Waals surface area contributed by atoms with Crippen molar-refractivity contribution in [3.63, 3.8) is 0 Å². The number of benzene rings is 1. The van der Waals surface area contributed by atoms with Crippen molar-refractivity contribution in [3.05, 3.63) is 41.8 Å². The zero-order valence-electron chi connectivity index (χ0n) is 15.0. The van der Waals surface area contributed by atoms with Gasteiger partial charge in [0.1, 0.15) is 6.26 Å². The summed E-state index contributed by atoms with van der Waals surface area (Å²) in [6.45, 7) is 6.64. The molecule has 2 rings (SSSR count). The fourth-order valence-electron chi connectivity index (χ4n) is 2.49. The summed E-state index contributed by atoms with van der Waals surface area (Å²) in [5, 5.41) is 9.12. The lowest BCUT2D eigenvalue weighted by atomic mass is 10.1. The predicted molar refractivity (Wildman–Crippen MR) is 96.0 cm³/mol. The fraction of sp³-hybridized carbons (Fsp3) is 0.550. The summed E-state index contributed by atoms with van der Waals surface area (Å²) in [5.41, 5.74) is 2.83. The van der Waals surface area contributed by atoms with Crippen molar-refractivity contribution in [2.45, 2.75) is 58.5 Å². The molecule has 0 aliphatic heterocycles. The minimum Gasteiger partial charge on any atom is -0.444 e. The number of ether oxygens (including phenoxy) is 1. The van der Waals surface area contributed by atoms with Gasteiger partial charge in [0.2, 0.25) is 5.89 Å². The molecule has 4 nitrogen and oxygen atoms in total. The number of aryl methyl sites for hydroxylation is 2. The summed E-state index contributed by atoms with van der Waals surface area (Å²) in [4.78, 5) is 4.58. The third-order valence-electron chi connectivity index (χ3n) is 4.02. The smallest absolute Gasteiger partial charge is 0.226 e. The van der Waals surface area contributed by atoms with Gasteiger partial charge in [-0.1, -0.05) is 30.5 Å². The van der Waals surface area contributed by atoms with E-state index in [0.29, 0.717) is 12.5 Å². The molecule has 24 heavy (non-hydrogen) atoms. The summed E-state index contributed by atoms with van der Waals surface area (Å²) >= 11 is 0. The van der Waals surface area contributed by atoms with Crippen molar-refractivity contribution in [1.82, 2.24) is 4.98 Å². The van der Waals surface area contributed by atoms with E-state index >= 15 is 0 Å². The molecule has 1 N–H and O–H groups in total.